The van der Waals surface area contributed by atoms with Gasteiger partial charge in [-0.2, -0.15) is 5.26 Å². The zero-order valence-electron chi connectivity index (χ0n) is 19.0. The summed E-state index contributed by atoms with van der Waals surface area (Å²) >= 11 is 0. The van der Waals surface area contributed by atoms with Gasteiger partial charge in [-0.25, -0.2) is 18.2 Å². The maximum atomic E-state index is 14.7. The predicted octanol–water partition coefficient (Wildman–Crippen LogP) is 4.50. The number of nitriles is 1. The first kappa shape index (κ1) is 25.2. The lowest BCUT2D eigenvalue weighted by Gasteiger charge is -2.16. The number of nitrogens with zero attached hydrogens (tertiary/aromatic N) is 2. The fourth-order valence-corrected chi connectivity index (χ4v) is 3.34. The van der Waals surface area contributed by atoms with Crippen LogP contribution in [0.3, 0.4) is 0 Å². The zero-order chi connectivity index (χ0) is 26.6. The molecule has 0 radical (unpaired) electrons. The fourth-order valence-electron chi connectivity index (χ4n) is 3.34. The van der Waals surface area contributed by atoms with Crippen LogP contribution in [0.4, 0.5) is 30.4 Å². The molecule has 1 aromatic heterocycles. The third-order valence-electron chi connectivity index (χ3n) is 5.46. The molecule has 0 bridgehead atoms. The molecule has 9 nitrogen and oxygen atoms in total. The quantitative estimate of drug-likeness (QED) is 0.383. The number of rotatable bonds is 8. The van der Waals surface area contributed by atoms with Gasteiger partial charge in [0.25, 0.3) is 0 Å². The minimum absolute atomic E-state index is 0.0201. The van der Waals surface area contributed by atoms with Gasteiger partial charge in [0.05, 0.1) is 11.8 Å². The molecule has 4 rings (SSSR count). The smallest absolute Gasteiger partial charge is 0.240 e. The molecule has 2 aromatic carbocycles. The lowest BCUT2D eigenvalue weighted by molar-refractivity contribution is -0.131. The number of benzene rings is 2. The lowest BCUT2D eigenvalue weighted by Crippen LogP contribution is -2.35. The van der Waals surface area contributed by atoms with Crippen molar-refractivity contribution < 1.29 is 32.3 Å². The van der Waals surface area contributed by atoms with Crippen LogP contribution >= 0.6 is 0 Å². The van der Waals surface area contributed by atoms with E-state index < -0.39 is 58.4 Å². The van der Waals surface area contributed by atoms with Crippen LogP contribution in [0.15, 0.2) is 54.7 Å². The Labute approximate surface area is 208 Å². The number of anilines is 3. The van der Waals surface area contributed by atoms with Gasteiger partial charge < -0.3 is 20.7 Å². The summed E-state index contributed by atoms with van der Waals surface area (Å²) in [5.74, 6) is -5.04. The zero-order valence-corrected chi connectivity index (χ0v) is 19.0. The predicted molar refractivity (Wildman–Crippen MR) is 125 cm³/mol. The number of aromatic nitrogens is 1. The van der Waals surface area contributed by atoms with E-state index in [9.17, 15) is 27.6 Å². The molecule has 1 saturated carbocycles. The number of amides is 3. The number of pyridine rings is 1. The molecule has 3 amide bonds. The summed E-state index contributed by atoms with van der Waals surface area (Å²) in [6.45, 7) is 0. The second kappa shape index (κ2) is 10.4. The largest absolute Gasteiger partial charge is 0.454 e. The first-order chi connectivity index (χ1) is 17.7. The van der Waals surface area contributed by atoms with Crippen LogP contribution in [0.5, 0.6) is 11.5 Å². The van der Waals surface area contributed by atoms with Crippen molar-refractivity contribution in [2.45, 2.75) is 19.3 Å². The summed E-state index contributed by atoms with van der Waals surface area (Å²) in [4.78, 5) is 40.8. The van der Waals surface area contributed by atoms with Gasteiger partial charge in [0, 0.05) is 30.1 Å². The molecule has 1 aliphatic carbocycles. The molecule has 12 heteroatoms. The molecule has 188 valence electrons. The Morgan fingerprint density at radius 3 is 2.32 bits per heavy atom. The Kier molecular flexibility index (Phi) is 7.06. The molecule has 0 aliphatic heterocycles. The average molecular weight is 509 g/mol. The van der Waals surface area contributed by atoms with Crippen molar-refractivity contribution in [2.24, 2.45) is 5.41 Å². The Morgan fingerprint density at radius 1 is 0.946 bits per heavy atom. The summed E-state index contributed by atoms with van der Waals surface area (Å²) in [6, 6.07) is 10.7. The maximum absolute atomic E-state index is 14.7. The number of hydrogen-bond acceptors (Lipinski definition) is 6. The highest BCUT2D eigenvalue weighted by Crippen LogP contribution is 2.47. The molecular weight excluding hydrogens is 491 g/mol. The normalized spacial score (nSPS) is 13.1. The van der Waals surface area contributed by atoms with Crippen LogP contribution in [0, 0.1) is 34.2 Å². The van der Waals surface area contributed by atoms with Crippen molar-refractivity contribution in [3.8, 4) is 17.6 Å². The monoisotopic (exact) mass is 509 g/mol. The Bertz CT molecular complexity index is 1420. The van der Waals surface area contributed by atoms with Crippen LogP contribution < -0.4 is 20.7 Å². The van der Waals surface area contributed by atoms with Crippen LogP contribution in [-0.2, 0) is 14.4 Å². The second-order valence-corrected chi connectivity index (χ2v) is 8.12. The highest BCUT2D eigenvalue weighted by Gasteiger charge is 2.56. The molecule has 3 N–H and O–H groups in total. The minimum Gasteiger partial charge on any atom is -0.454 e. The summed E-state index contributed by atoms with van der Waals surface area (Å²) in [6.07, 6.45) is 1.26. The van der Waals surface area contributed by atoms with Crippen molar-refractivity contribution in [3.05, 3.63) is 72.2 Å². The van der Waals surface area contributed by atoms with Gasteiger partial charge in [-0.1, -0.05) is 0 Å². The molecule has 37 heavy (non-hydrogen) atoms. The average Bonchev–Trinajstić information content (AvgIpc) is 3.66. The topological polar surface area (TPSA) is 133 Å². The van der Waals surface area contributed by atoms with Crippen molar-refractivity contribution in [1.82, 2.24) is 4.98 Å². The van der Waals surface area contributed by atoms with Gasteiger partial charge in [-0.3, -0.25) is 14.4 Å². The van der Waals surface area contributed by atoms with E-state index in [2.05, 4.69) is 20.9 Å². The highest BCUT2D eigenvalue weighted by molar-refractivity contribution is 6.16. The third-order valence-corrected chi connectivity index (χ3v) is 5.46. The second-order valence-electron chi connectivity index (χ2n) is 8.12. The van der Waals surface area contributed by atoms with Crippen LogP contribution in [0.25, 0.3) is 0 Å². The van der Waals surface area contributed by atoms with E-state index in [0.29, 0.717) is 6.07 Å². The van der Waals surface area contributed by atoms with Crippen LogP contribution in [0.1, 0.15) is 19.3 Å². The fraction of sp³-hybridized carbons (Fsp3) is 0.160. The van der Waals surface area contributed by atoms with E-state index >= 15 is 0 Å². The van der Waals surface area contributed by atoms with Crippen molar-refractivity contribution >= 4 is 34.9 Å². The first-order valence-electron chi connectivity index (χ1n) is 10.9. The molecule has 0 saturated heterocycles. The summed E-state index contributed by atoms with van der Waals surface area (Å²) < 4.78 is 47.8. The number of nitrogens with one attached hydrogen (secondary N) is 3. The summed E-state index contributed by atoms with van der Waals surface area (Å²) in [5.41, 5.74) is -1.67. The molecule has 0 atom stereocenters. The number of halogens is 3. The van der Waals surface area contributed by atoms with Crippen molar-refractivity contribution in [3.63, 3.8) is 0 Å². The Morgan fingerprint density at radius 2 is 1.65 bits per heavy atom. The number of carbonyl (C=O) groups excluding carboxylic acids is 3. The lowest BCUT2D eigenvalue weighted by atomic mass is 10.0. The highest BCUT2D eigenvalue weighted by atomic mass is 19.1. The van der Waals surface area contributed by atoms with E-state index in [1.165, 1.54) is 30.5 Å². The maximum Gasteiger partial charge on any atom is 0.240 e. The molecule has 1 heterocycles. The molecular formula is C25H18F3N5O4. The Balaban J connectivity index is 1.44. The molecule has 0 unspecified atom stereocenters. The van der Waals surface area contributed by atoms with Gasteiger partial charge in [-0.15, -0.1) is 0 Å². The molecule has 0 spiro atoms. The number of hydrogen-bond donors (Lipinski definition) is 3. The SMILES string of the molecule is N#CCC(=O)Nc1cc(Oc2cc(F)c(NC(=O)C3(C(=O)Nc4ccc(F)cc4)CC3)cc2F)ccn1. The van der Waals surface area contributed by atoms with Gasteiger partial charge in [0.2, 0.25) is 17.7 Å². The van der Waals surface area contributed by atoms with E-state index in [-0.39, 0.29) is 30.1 Å². The third kappa shape index (κ3) is 5.84. The van der Waals surface area contributed by atoms with E-state index in [4.69, 9.17) is 10.00 Å². The van der Waals surface area contributed by atoms with E-state index in [1.54, 1.807) is 6.07 Å². The van der Waals surface area contributed by atoms with Crippen molar-refractivity contribution in [1.29, 1.82) is 5.26 Å². The Hall–Kier alpha value is -4.92. The molecule has 1 aliphatic rings. The van der Waals surface area contributed by atoms with E-state index in [0.717, 1.165) is 18.2 Å². The van der Waals surface area contributed by atoms with Gasteiger partial charge in [0.15, 0.2) is 17.4 Å². The summed E-state index contributed by atoms with van der Waals surface area (Å²) in [5, 5.41) is 15.7. The minimum atomic E-state index is -1.46. The van der Waals surface area contributed by atoms with Crippen LogP contribution in [-0.4, -0.2) is 22.7 Å². The standard InChI is InChI=1S/C25H18F3N5O4/c26-14-1-3-15(4-2-14)31-23(35)25(7-8-25)24(36)32-19-12-18(28)20(13-17(19)27)37-16-6-10-30-21(11-16)33-22(34)5-9-29/h1-4,6,10-13H,5,7-8H2,(H,31,35)(H,32,36)(H,30,33,34). The molecule has 1 fully saturated rings. The number of carbonyl (C=O) groups is 3. The van der Waals surface area contributed by atoms with Gasteiger partial charge in [-0.05, 0) is 43.2 Å². The van der Waals surface area contributed by atoms with Crippen LogP contribution in [0.2, 0.25) is 0 Å². The van der Waals surface area contributed by atoms with E-state index in [1.807, 2.05) is 0 Å². The number of ether oxygens (including phenoxy) is 1. The first-order valence-corrected chi connectivity index (χ1v) is 10.9. The summed E-state index contributed by atoms with van der Waals surface area (Å²) in [7, 11) is 0. The van der Waals surface area contributed by atoms with Gasteiger partial charge in [0.1, 0.15) is 29.2 Å². The van der Waals surface area contributed by atoms with Gasteiger partial charge >= 0.3 is 0 Å². The van der Waals surface area contributed by atoms with Crippen molar-refractivity contribution in [2.75, 3.05) is 16.0 Å². The molecule has 3 aromatic rings.